The van der Waals surface area contributed by atoms with E-state index in [4.69, 9.17) is 0 Å². The lowest BCUT2D eigenvalue weighted by Gasteiger charge is -2.16. The Bertz CT molecular complexity index is 1510. The summed E-state index contributed by atoms with van der Waals surface area (Å²) in [6, 6.07) is 9.45. The number of H-pyrrole nitrogens is 1. The number of pyridine rings is 1. The Kier molecular flexibility index (Phi) is 5.61. The van der Waals surface area contributed by atoms with Crippen molar-refractivity contribution < 1.29 is 4.79 Å². The Morgan fingerprint density at radius 1 is 1.09 bits per heavy atom. The Morgan fingerprint density at radius 2 is 1.85 bits per heavy atom. The Labute approximate surface area is 195 Å². The lowest BCUT2D eigenvalue weighted by molar-refractivity contribution is 0.0950. The molecule has 0 radical (unpaired) electrons. The van der Waals surface area contributed by atoms with E-state index in [1.165, 1.54) is 10.9 Å². The summed E-state index contributed by atoms with van der Waals surface area (Å²) < 4.78 is 3.05. The molecule has 9 nitrogen and oxygen atoms in total. The van der Waals surface area contributed by atoms with Crippen molar-refractivity contribution >= 4 is 16.9 Å². The molecule has 0 aliphatic heterocycles. The molecule has 0 fully saturated rings. The SMILES string of the molecule is Cc1ccc(-n2nc(C)c3c(=O)c(C(=O)NCCn4nc5c(cc4=O)CCCC5)c[nH]c32)cc1. The largest absolute Gasteiger partial charge is 0.350 e. The van der Waals surface area contributed by atoms with Crippen molar-refractivity contribution in [1.29, 1.82) is 0 Å². The number of nitrogens with zero attached hydrogens (tertiary/aromatic N) is 4. The maximum Gasteiger partial charge on any atom is 0.267 e. The second-order valence-corrected chi connectivity index (χ2v) is 8.73. The fourth-order valence-electron chi connectivity index (χ4n) is 4.45. The lowest BCUT2D eigenvalue weighted by Crippen LogP contribution is -2.35. The van der Waals surface area contributed by atoms with Gasteiger partial charge in [0.05, 0.1) is 29.0 Å². The van der Waals surface area contributed by atoms with E-state index in [1.54, 1.807) is 17.7 Å². The summed E-state index contributed by atoms with van der Waals surface area (Å²) in [5.41, 5.74) is 4.45. The molecule has 4 aromatic rings. The van der Waals surface area contributed by atoms with E-state index in [-0.39, 0.29) is 29.6 Å². The quantitative estimate of drug-likeness (QED) is 0.476. The van der Waals surface area contributed by atoms with Crippen LogP contribution in [-0.4, -0.2) is 37.0 Å². The van der Waals surface area contributed by atoms with Crippen LogP contribution < -0.4 is 16.3 Å². The number of fused-ring (bicyclic) bond motifs is 2. The Morgan fingerprint density at radius 3 is 2.65 bits per heavy atom. The van der Waals surface area contributed by atoms with Gasteiger partial charge in [0.1, 0.15) is 11.2 Å². The predicted molar refractivity (Wildman–Crippen MR) is 129 cm³/mol. The molecule has 1 aliphatic rings. The number of benzene rings is 1. The van der Waals surface area contributed by atoms with Crippen molar-refractivity contribution in [3.8, 4) is 5.69 Å². The van der Waals surface area contributed by atoms with Crippen molar-refractivity contribution in [2.24, 2.45) is 0 Å². The normalized spacial score (nSPS) is 13.1. The van der Waals surface area contributed by atoms with E-state index in [0.29, 0.717) is 16.7 Å². The first kappa shape index (κ1) is 21.8. The Hall–Kier alpha value is -4.01. The van der Waals surface area contributed by atoms with Gasteiger partial charge >= 0.3 is 0 Å². The second kappa shape index (κ2) is 8.74. The van der Waals surface area contributed by atoms with Crippen LogP contribution in [0.25, 0.3) is 16.7 Å². The third kappa shape index (κ3) is 3.93. The van der Waals surface area contributed by atoms with Crippen LogP contribution in [0.2, 0.25) is 0 Å². The second-order valence-electron chi connectivity index (χ2n) is 8.73. The van der Waals surface area contributed by atoms with Crippen molar-refractivity contribution in [1.82, 2.24) is 29.9 Å². The average molecular weight is 459 g/mol. The molecule has 1 aromatic carbocycles. The average Bonchev–Trinajstić information content (AvgIpc) is 3.17. The highest BCUT2D eigenvalue weighted by Gasteiger charge is 2.19. The number of hydrogen-bond acceptors (Lipinski definition) is 5. The van der Waals surface area contributed by atoms with Crippen LogP contribution >= 0.6 is 0 Å². The summed E-state index contributed by atoms with van der Waals surface area (Å²) in [6.45, 7) is 4.17. The highest BCUT2D eigenvalue weighted by atomic mass is 16.2. The fraction of sp³-hybridized carbons (Fsp3) is 0.320. The van der Waals surface area contributed by atoms with Gasteiger partial charge in [0.25, 0.3) is 11.5 Å². The molecule has 174 valence electrons. The topological polar surface area (TPSA) is 115 Å². The molecule has 0 atom stereocenters. The summed E-state index contributed by atoms with van der Waals surface area (Å²) in [4.78, 5) is 41.3. The van der Waals surface area contributed by atoms with Gasteiger partial charge in [0.15, 0.2) is 0 Å². The van der Waals surface area contributed by atoms with Crippen LogP contribution in [0.3, 0.4) is 0 Å². The molecule has 3 heterocycles. The molecule has 5 rings (SSSR count). The van der Waals surface area contributed by atoms with Crippen LogP contribution in [-0.2, 0) is 19.4 Å². The first-order valence-electron chi connectivity index (χ1n) is 11.5. The summed E-state index contributed by atoms with van der Waals surface area (Å²) >= 11 is 0. The molecule has 9 heteroatoms. The van der Waals surface area contributed by atoms with Crippen molar-refractivity contribution in [2.75, 3.05) is 6.54 Å². The van der Waals surface area contributed by atoms with Gasteiger partial charge in [-0.15, -0.1) is 0 Å². The third-order valence-electron chi connectivity index (χ3n) is 6.29. The number of carbonyl (C=O) groups is 1. The summed E-state index contributed by atoms with van der Waals surface area (Å²) in [6.07, 6.45) is 5.32. The summed E-state index contributed by atoms with van der Waals surface area (Å²) in [5, 5.41) is 12.1. The van der Waals surface area contributed by atoms with Crippen molar-refractivity contribution in [2.45, 2.75) is 46.1 Å². The summed E-state index contributed by atoms with van der Waals surface area (Å²) in [5.74, 6) is -0.503. The van der Waals surface area contributed by atoms with E-state index in [2.05, 4.69) is 20.5 Å². The lowest BCUT2D eigenvalue weighted by atomic mass is 9.97. The van der Waals surface area contributed by atoms with Crippen LogP contribution in [0.15, 0.2) is 46.1 Å². The standard InChI is InChI=1S/C25H26N6O3/c1-15-7-9-18(10-8-15)31-24-22(16(2)28-31)23(33)19(14-27-24)25(34)26-11-12-30-21(32)13-17-5-3-4-6-20(17)29-30/h7-10,13-14H,3-6,11-12H2,1-2H3,(H,26,34)(H,27,33). The minimum atomic E-state index is -0.503. The number of nitrogens with one attached hydrogen (secondary N) is 2. The van der Waals surface area contributed by atoms with Gasteiger partial charge in [-0.25, -0.2) is 9.36 Å². The zero-order valence-electron chi connectivity index (χ0n) is 19.2. The molecule has 3 aromatic heterocycles. The van der Waals surface area contributed by atoms with Gasteiger partial charge in [-0.2, -0.15) is 10.2 Å². The van der Waals surface area contributed by atoms with Gasteiger partial charge < -0.3 is 10.3 Å². The van der Waals surface area contributed by atoms with E-state index in [9.17, 15) is 14.4 Å². The molecule has 0 saturated carbocycles. The van der Waals surface area contributed by atoms with Gasteiger partial charge in [0, 0.05) is 18.8 Å². The molecular weight excluding hydrogens is 432 g/mol. The first-order chi connectivity index (χ1) is 16.4. The number of rotatable bonds is 5. The zero-order valence-corrected chi connectivity index (χ0v) is 19.2. The van der Waals surface area contributed by atoms with Gasteiger partial charge in [-0.3, -0.25) is 14.4 Å². The van der Waals surface area contributed by atoms with Crippen LogP contribution in [0.4, 0.5) is 0 Å². The number of carbonyl (C=O) groups excluding carboxylic acids is 1. The molecule has 0 spiro atoms. The molecule has 0 saturated heterocycles. The monoisotopic (exact) mass is 458 g/mol. The number of hydrogen-bond donors (Lipinski definition) is 2. The third-order valence-corrected chi connectivity index (χ3v) is 6.29. The molecular formula is C25H26N6O3. The fourth-order valence-corrected chi connectivity index (χ4v) is 4.45. The number of aryl methyl sites for hydroxylation is 4. The molecule has 0 unspecified atom stereocenters. The first-order valence-corrected chi connectivity index (χ1v) is 11.5. The molecule has 2 N–H and O–H groups in total. The van der Waals surface area contributed by atoms with Crippen LogP contribution in [0, 0.1) is 13.8 Å². The molecule has 1 aliphatic carbocycles. The minimum absolute atomic E-state index is 0.00445. The highest BCUT2D eigenvalue weighted by Crippen LogP contribution is 2.19. The minimum Gasteiger partial charge on any atom is -0.350 e. The smallest absolute Gasteiger partial charge is 0.267 e. The zero-order chi connectivity index (χ0) is 23.8. The molecule has 34 heavy (non-hydrogen) atoms. The number of aromatic nitrogens is 5. The van der Waals surface area contributed by atoms with Crippen molar-refractivity contribution in [3.05, 3.63) is 85.2 Å². The number of aromatic amines is 1. The summed E-state index contributed by atoms with van der Waals surface area (Å²) in [7, 11) is 0. The van der Waals surface area contributed by atoms with E-state index >= 15 is 0 Å². The van der Waals surface area contributed by atoms with Crippen molar-refractivity contribution in [3.63, 3.8) is 0 Å². The van der Waals surface area contributed by atoms with Crippen LogP contribution in [0.1, 0.15) is 45.7 Å². The Balaban J connectivity index is 1.35. The van der Waals surface area contributed by atoms with E-state index in [1.807, 2.05) is 31.2 Å². The maximum absolute atomic E-state index is 13.1. The highest BCUT2D eigenvalue weighted by molar-refractivity contribution is 5.97. The predicted octanol–water partition coefficient (Wildman–Crippen LogP) is 2.20. The van der Waals surface area contributed by atoms with Gasteiger partial charge in [0.2, 0.25) is 5.43 Å². The van der Waals surface area contributed by atoms with Crippen LogP contribution in [0.5, 0.6) is 0 Å². The molecule has 0 bridgehead atoms. The maximum atomic E-state index is 13.1. The van der Waals surface area contributed by atoms with Gasteiger partial charge in [-0.1, -0.05) is 17.7 Å². The van der Waals surface area contributed by atoms with Gasteiger partial charge in [-0.05, 0) is 57.2 Å². The van der Waals surface area contributed by atoms with E-state index < -0.39 is 5.91 Å². The molecule has 1 amide bonds. The van der Waals surface area contributed by atoms with E-state index in [0.717, 1.165) is 48.2 Å². The number of amides is 1.